The lowest BCUT2D eigenvalue weighted by Crippen LogP contribution is -2.34. The van der Waals surface area contributed by atoms with Gasteiger partial charge in [0.2, 0.25) is 0 Å². The molecule has 4 aliphatic rings. The summed E-state index contributed by atoms with van der Waals surface area (Å²) in [5, 5.41) is 15.8. The molecule has 4 aromatic carbocycles. The number of carbonyl (C=O) groups excluding carboxylic acids is 4. The molecular formula is C63H56F4N8O6S2. The largest absolute Gasteiger partial charge is 0.391 e. The number of likely N-dealkylation sites (N-methyl/N-ethyl adjacent to an activating group) is 1. The second-order valence-electron chi connectivity index (χ2n) is 21.5. The lowest BCUT2D eigenvalue weighted by molar-refractivity contribution is 0.0975. The van der Waals surface area contributed by atoms with Crippen LogP contribution in [0.2, 0.25) is 0 Å². The maximum atomic E-state index is 16.2. The lowest BCUT2D eigenvalue weighted by atomic mass is 9.98. The van der Waals surface area contributed by atoms with Gasteiger partial charge in [0.1, 0.15) is 46.3 Å². The number of fused-ring (bicyclic) bond motifs is 6. The highest BCUT2D eigenvalue weighted by atomic mass is 32.1. The van der Waals surface area contributed by atoms with Crippen LogP contribution in [0, 0.1) is 37.1 Å². The number of anilines is 6. The van der Waals surface area contributed by atoms with Crippen molar-refractivity contribution in [1.82, 2.24) is 9.97 Å². The Kier molecular flexibility index (Phi) is 14.9. The molecule has 0 unspecified atom stereocenters. The number of aryl methyl sites for hydroxylation is 1. The van der Waals surface area contributed by atoms with Crippen molar-refractivity contribution in [3.05, 3.63) is 176 Å². The molecule has 0 bridgehead atoms. The first-order chi connectivity index (χ1) is 40.0. The van der Waals surface area contributed by atoms with Crippen LogP contribution >= 0.6 is 22.7 Å². The van der Waals surface area contributed by atoms with E-state index in [4.69, 9.17) is 9.72 Å². The molecule has 14 nitrogen and oxygen atoms in total. The van der Waals surface area contributed by atoms with Crippen LogP contribution in [-0.2, 0) is 17.6 Å². The molecule has 3 atom stereocenters. The van der Waals surface area contributed by atoms with E-state index in [1.807, 2.05) is 23.8 Å². The van der Waals surface area contributed by atoms with Crippen molar-refractivity contribution in [3.63, 3.8) is 0 Å². The number of ether oxygens (including phenoxy) is 1. The van der Waals surface area contributed by atoms with E-state index in [9.17, 15) is 28.7 Å². The summed E-state index contributed by atoms with van der Waals surface area (Å²) in [7, 11) is 1.83. The van der Waals surface area contributed by atoms with Gasteiger partial charge in [-0.05, 0) is 166 Å². The first-order valence-corrected chi connectivity index (χ1v) is 29.0. The Balaban J connectivity index is 0.826. The molecule has 2 fully saturated rings. The number of carbonyl (C=O) groups is 4. The van der Waals surface area contributed by atoms with Gasteiger partial charge >= 0.3 is 0 Å². The van der Waals surface area contributed by atoms with Crippen LogP contribution < -0.4 is 30.2 Å². The summed E-state index contributed by atoms with van der Waals surface area (Å²) in [6, 6.07) is 27.6. The minimum Gasteiger partial charge on any atom is -0.391 e. The number of aliphatic hydroxyl groups is 1. The maximum absolute atomic E-state index is 16.2. The van der Waals surface area contributed by atoms with Gasteiger partial charge in [0.15, 0.2) is 0 Å². The van der Waals surface area contributed by atoms with Crippen molar-refractivity contribution in [2.45, 2.75) is 71.1 Å². The fraction of sp³-hybridized carbons (Fsp3) is 0.270. The number of pyridine rings is 2. The molecule has 0 spiro atoms. The Labute approximate surface area is 484 Å². The minimum absolute atomic E-state index is 0.0186. The fourth-order valence-corrected chi connectivity index (χ4v) is 14.0. The molecule has 8 heterocycles. The van der Waals surface area contributed by atoms with Gasteiger partial charge in [-0.3, -0.25) is 19.2 Å². The molecule has 4 amide bonds. The molecule has 3 N–H and O–H groups in total. The molecular weight excluding hydrogens is 1100 g/mol. The van der Waals surface area contributed by atoms with E-state index in [0.717, 1.165) is 35.3 Å². The monoisotopic (exact) mass is 1160 g/mol. The highest BCUT2D eigenvalue weighted by Crippen LogP contribution is 2.45. The predicted molar refractivity (Wildman–Crippen MR) is 316 cm³/mol. The third-order valence-electron chi connectivity index (χ3n) is 15.9. The highest BCUT2D eigenvalue weighted by Gasteiger charge is 2.34. The number of thiophene rings is 2. The quantitative estimate of drug-likeness (QED) is 0.106. The Hall–Kier alpha value is -8.30. The summed E-state index contributed by atoms with van der Waals surface area (Å²) in [6.45, 7) is 7.01. The van der Waals surface area contributed by atoms with Crippen molar-refractivity contribution in [3.8, 4) is 32.0 Å². The van der Waals surface area contributed by atoms with Crippen LogP contribution in [0.15, 0.2) is 109 Å². The molecule has 2 saturated heterocycles. The van der Waals surface area contributed by atoms with Crippen molar-refractivity contribution in [2.75, 3.05) is 70.1 Å². The second kappa shape index (κ2) is 22.5. The molecule has 12 rings (SSSR count). The average molecular weight is 1160 g/mol. The number of halogens is 4. The summed E-state index contributed by atoms with van der Waals surface area (Å²) in [4.78, 5) is 75.6. The normalized spacial score (nSPS) is 17.3. The van der Waals surface area contributed by atoms with Crippen LogP contribution in [0.25, 0.3) is 32.0 Å². The van der Waals surface area contributed by atoms with Gasteiger partial charge in [-0.1, -0.05) is 24.3 Å². The molecule has 0 aliphatic carbocycles. The Morgan fingerprint density at radius 2 is 1.28 bits per heavy atom. The van der Waals surface area contributed by atoms with E-state index in [0.29, 0.717) is 104 Å². The van der Waals surface area contributed by atoms with Crippen molar-refractivity contribution < 1.29 is 46.6 Å². The van der Waals surface area contributed by atoms with E-state index < -0.39 is 53.0 Å². The number of rotatable bonds is 11. The summed E-state index contributed by atoms with van der Waals surface area (Å²) >= 11 is 2.32. The van der Waals surface area contributed by atoms with Gasteiger partial charge < -0.3 is 40.1 Å². The molecule has 0 radical (unpaired) electrons. The van der Waals surface area contributed by atoms with Crippen molar-refractivity contribution in [1.29, 1.82) is 0 Å². The number of β-amino-alcohol motifs (C(OH)–C–C–N with tert-alkyl or cyclic N) is 1. The summed E-state index contributed by atoms with van der Waals surface area (Å²) in [5.74, 6) is -3.48. The number of benzene rings is 4. The minimum atomic E-state index is -0.691. The fourth-order valence-electron chi connectivity index (χ4n) is 11.7. The molecule has 0 saturated carbocycles. The third kappa shape index (κ3) is 10.6. The number of para-hydroxylation sites is 1. The number of hydrogen-bond donors (Lipinski definition) is 3. The van der Waals surface area contributed by atoms with Gasteiger partial charge in [0.05, 0.1) is 44.7 Å². The topological polar surface area (TPSA) is 161 Å². The van der Waals surface area contributed by atoms with Gasteiger partial charge in [-0.15, -0.1) is 22.7 Å². The zero-order valence-corrected chi connectivity index (χ0v) is 47.3. The van der Waals surface area contributed by atoms with Gasteiger partial charge in [0, 0.05) is 72.3 Å². The summed E-state index contributed by atoms with van der Waals surface area (Å²) in [6.07, 6.45) is 2.22. The van der Waals surface area contributed by atoms with Gasteiger partial charge in [-0.25, -0.2) is 27.5 Å². The van der Waals surface area contributed by atoms with E-state index in [1.165, 1.54) is 57.5 Å². The van der Waals surface area contributed by atoms with Gasteiger partial charge in [0.25, 0.3) is 23.6 Å². The van der Waals surface area contributed by atoms with Crippen LogP contribution in [-0.4, -0.2) is 96.8 Å². The third-order valence-corrected chi connectivity index (χ3v) is 18.3. The lowest BCUT2D eigenvalue weighted by Gasteiger charge is -2.27. The average Bonchev–Trinajstić information content (AvgIpc) is 3.07. The van der Waals surface area contributed by atoms with Crippen LogP contribution in [0.3, 0.4) is 0 Å². The number of amides is 4. The number of nitrogens with one attached hydrogen (secondary N) is 2. The van der Waals surface area contributed by atoms with E-state index in [1.54, 1.807) is 86.6 Å². The highest BCUT2D eigenvalue weighted by molar-refractivity contribution is 7.18. The molecule has 83 heavy (non-hydrogen) atoms. The maximum Gasteiger partial charge on any atom is 0.276 e. The second-order valence-corrected chi connectivity index (χ2v) is 23.6. The zero-order valence-electron chi connectivity index (χ0n) is 45.7. The van der Waals surface area contributed by atoms with Crippen LogP contribution in [0.5, 0.6) is 0 Å². The predicted octanol–water partition coefficient (Wildman–Crippen LogP) is 12.3. The molecule has 4 aromatic heterocycles. The molecule has 4 aliphatic heterocycles. The Morgan fingerprint density at radius 1 is 0.699 bits per heavy atom. The number of hydrogen-bond acceptors (Lipinski definition) is 12. The van der Waals surface area contributed by atoms with Crippen LogP contribution in [0.1, 0.15) is 88.8 Å². The van der Waals surface area contributed by atoms with Crippen molar-refractivity contribution in [2.24, 2.45) is 0 Å². The first kappa shape index (κ1) is 55.2. The number of aliphatic hydroxyl groups excluding tert-OH is 1. The van der Waals surface area contributed by atoms with E-state index >= 15 is 13.2 Å². The standard InChI is InChI=1S/C63H56F4N8O6S2/c1-33-8-5-10-46(66)55(33)70-60(77)52-27-36-22-24-74(51-30-39(65)14-16-45(51)57(36)82-52)63(80)49-20-18-43(59(69-49)72(4)32-41-9-7-25-81-41)42-17-19-47(67)56(35(42)3)71-61(78)53-28-37-21-23-73(50-29-38(64)13-15-44(50)58(37)83-53)62(79)48-11-6-12-54(68-48)75-31-40(76)26-34(75)2/h5-6,8,10-20,27-30,34,40-41,76H,7,9,21-26,31-32H2,1-4H3,(H,70,77)(H,71,78)/t34-,40-,41+/m0/s1. The van der Waals surface area contributed by atoms with E-state index in [2.05, 4.69) is 15.6 Å². The molecule has 8 aromatic rings. The molecule has 424 valence electrons. The number of nitrogens with zero attached hydrogens (tertiary/aromatic N) is 6. The SMILES string of the molecule is Cc1cccc(F)c1NC(=O)c1cc2c(s1)-c1ccc(F)cc1N(C(=O)c1ccc(-c3ccc(F)c(NC(=O)c4cc5c(s4)-c4ccc(F)cc4N(C(=O)c4cccc(N6C[C@@H](O)C[C@@H]6C)n4)CC5)c3C)c(N(C)C[C@H]3CCCO3)n1)CC2. The summed E-state index contributed by atoms with van der Waals surface area (Å²) in [5.41, 5.74) is 5.38. The zero-order chi connectivity index (χ0) is 58.0. The molecule has 20 heteroatoms. The van der Waals surface area contributed by atoms with Gasteiger partial charge in [-0.2, -0.15) is 0 Å². The first-order valence-electron chi connectivity index (χ1n) is 27.4. The van der Waals surface area contributed by atoms with E-state index in [-0.39, 0.29) is 58.6 Å². The van der Waals surface area contributed by atoms with Crippen LogP contribution in [0.4, 0.5) is 51.9 Å². The Morgan fingerprint density at radius 3 is 1.87 bits per heavy atom. The smallest absolute Gasteiger partial charge is 0.276 e. The number of aromatic nitrogens is 2. The summed E-state index contributed by atoms with van der Waals surface area (Å²) < 4.78 is 67.4. The Bertz CT molecular complexity index is 3920. The van der Waals surface area contributed by atoms with Crippen molar-refractivity contribution >= 4 is 80.7 Å².